The summed E-state index contributed by atoms with van der Waals surface area (Å²) in [6.07, 6.45) is 1.93. The zero-order valence-corrected chi connectivity index (χ0v) is 12.8. The fraction of sp³-hybridized carbons (Fsp3) is 0.438. The Morgan fingerprint density at radius 3 is 2.18 bits per heavy atom. The lowest BCUT2D eigenvalue weighted by molar-refractivity contribution is -0.157. The second-order valence-corrected chi connectivity index (χ2v) is 5.94. The third-order valence-corrected chi connectivity index (χ3v) is 4.09. The number of aliphatic carboxylic acids is 1. The molecule has 2 rings (SSSR count). The highest BCUT2D eigenvalue weighted by molar-refractivity contribution is 5.96. The summed E-state index contributed by atoms with van der Waals surface area (Å²) in [6.45, 7) is 0. The molecule has 0 heterocycles. The molecular formula is C16H20N2O4. The Morgan fingerprint density at radius 1 is 1.18 bits per heavy atom. The Labute approximate surface area is 129 Å². The predicted octanol–water partition coefficient (Wildman–Crippen LogP) is 1.97. The van der Waals surface area contributed by atoms with Gasteiger partial charge < -0.3 is 15.3 Å². The van der Waals surface area contributed by atoms with Crippen LogP contribution in [0.4, 0.5) is 5.69 Å². The number of nitrogens with zero attached hydrogens (tertiary/aromatic N) is 1. The van der Waals surface area contributed by atoms with Crippen molar-refractivity contribution in [3.8, 4) is 0 Å². The second-order valence-electron chi connectivity index (χ2n) is 5.94. The molecule has 1 aromatic rings. The van der Waals surface area contributed by atoms with E-state index in [9.17, 15) is 19.5 Å². The summed E-state index contributed by atoms with van der Waals surface area (Å²) in [5.41, 5.74) is 0.189. The molecule has 1 aliphatic rings. The minimum absolute atomic E-state index is 0.0132. The fourth-order valence-electron chi connectivity index (χ4n) is 2.54. The number of carboxylic acid groups (broad SMARTS) is 1. The molecule has 1 saturated carbocycles. The molecule has 0 saturated heterocycles. The van der Waals surface area contributed by atoms with Gasteiger partial charge in [-0.1, -0.05) is 6.42 Å². The van der Waals surface area contributed by atoms with Crippen LogP contribution in [0, 0.1) is 5.41 Å². The Morgan fingerprint density at radius 2 is 1.77 bits per heavy atom. The third kappa shape index (κ3) is 3.27. The quantitative estimate of drug-likeness (QED) is 0.870. The third-order valence-electron chi connectivity index (χ3n) is 4.09. The molecule has 0 unspecified atom stereocenters. The summed E-state index contributed by atoms with van der Waals surface area (Å²) in [7, 11) is 3.34. The largest absolute Gasteiger partial charge is 0.481 e. The van der Waals surface area contributed by atoms with Crippen molar-refractivity contribution in [1.82, 2.24) is 4.90 Å². The maximum atomic E-state index is 12.0. The van der Waals surface area contributed by atoms with Crippen LogP contribution in [-0.2, 0) is 9.59 Å². The first-order valence-electron chi connectivity index (χ1n) is 7.19. The van der Waals surface area contributed by atoms with E-state index >= 15 is 0 Å². The number of benzene rings is 1. The van der Waals surface area contributed by atoms with E-state index in [0.29, 0.717) is 24.1 Å². The summed E-state index contributed by atoms with van der Waals surface area (Å²) < 4.78 is 0. The zero-order chi connectivity index (χ0) is 16.3. The molecule has 1 aliphatic carbocycles. The molecule has 6 nitrogen and oxygen atoms in total. The Balaban J connectivity index is 1.97. The number of amides is 2. The molecule has 118 valence electrons. The molecule has 1 aromatic carbocycles. The number of anilines is 1. The summed E-state index contributed by atoms with van der Waals surface area (Å²) >= 11 is 0. The first kappa shape index (κ1) is 16.0. The van der Waals surface area contributed by atoms with Gasteiger partial charge in [-0.25, -0.2) is 0 Å². The van der Waals surface area contributed by atoms with Gasteiger partial charge in [0.15, 0.2) is 0 Å². The molecule has 0 atom stereocenters. The Kier molecular flexibility index (Phi) is 4.49. The van der Waals surface area contributed by atoms with Crippen LogP contribution in [0.25, 0.3) is 0 Å². The average Bonchev–Trinajstić information content (AvgIpc) is 2.42. The number of hydrogen-bond acceptors (Lipinski definition) is 3. The van der Waals surface area contributed by atoms with Crippen LogP contribution in [-0.4, -0.2) is 41.9 Å². The van der Waals surface area contributed by atoms with E-state index in [1.54, 1.807) is 38.4 Å². The fourth-order valence-corrected chi connectivity index (χ4v) is 2.54. The van der Waals surface area contributed by atoms with Gasteiger partial charge in [0.2, 0.25) is 5.91 Å². The van der Waals surface area contributed by atoms with Crippen LogP contribution in [0.1, 0.15) is 36.0 Å². The Hall–Kier alpha value is -2.37. The molecule has 0 aliphatic heterocycles. The van der Waals surface area contributed by atoms with E-state index < -0.39 is 11.4 Å². The molecule has 0 aromatic heterocycles. The van der Waals surface area contributed by atoms with Gasteiger partial charge in [-0.15, -0.1) is 0 Å². The monoisotopic (exact) mass is 304 g/mol. The number of nitrogens with one attached hydrogen (secondary N) is 1. The molecule has 0 radical (unpaired) electrons. The van der Waals surface area contributed by atoms with E-state index in [1.807, 2.05) is 0 Å². The standard InChI is InChI=1S/C16H20N2O4/c1-18(2)14(20)11-4-6-12(7-5-11)17-13(19)10-16(15(21)22)8-3-9-16/h4-7H,3,8-10H2,1-2H3,(H,17,19)(H,21,22). The smallest absolute Gasteiger partial charge is 0.310 e. The van der Waals surface area contributed by atoms with E-state index in [0.717, 1.165) is 6.42 Å². The van der Waals surface area contributed by atoms with E-state index in [2.05, 4.69) is 5.32 Å². The maximum absolute atomic E-state index is 12.0. The second kappa shape index (κ2) is 6.17. The first-order valence-corrected chi connectivity index (χ1v) is 7.19. The number of carboxylic acids is 1. The van der Waals surface area contributed by atoms with E-state index in [-0.39, 0.29) is 18.2 Å². The van der Waals surface area contributed by atoms with Crippen LogP contribution in [0.3, 0.4) is 0 Å². The molecule has 0 bridgehead atoms. The SMILES string of the molecule is CN(C)C(=O)c1ccc(NC(=O)CC2(C(=O)O)CCC2)cc1. The molecule has 22 heavy (non-hydrogen) atoms. The maximum Gasteiger partial charge on any atom is 0.310 e. The highest BCUT2D eigenvalue weighted by Crippen LogP contribution is 2.44. The summed E-state index contributed by atoms with van der Waals surface area (Å²) in [6, 6.07) is 6.55. The number of rotatable bonds is 5. The molecule has 2 amide bonds. The number of carbonyl (C=O) groups excluding carboxylic acids is 2. The van der Waals surface area contributed by atoms with Gasteiger partial charge in [0.05, 0.1) is 5.41 Å². The summed E-state index contributed by atoms with van der Waals surface area (Å²) in [4.78, 5) is 36.5. The predicted molar refractivity (Wildman–Crippen MR) is 81.6 cm³/mol. The molecule has 1 fully saturated rings. The van der Waals surface area contributed by atoms with Crippen molar-refractivity contribution in [3.05, 3.63) is 29.8 Å². The number of hydrogen-bond donors (Lipinski definition) is 2. The molecule has 0 spiro atoms. The van der Waals surface area contributed by atoms with Crippen molar-refractivity contribution in [2.45, 2.75) is 25.7 Å². The van der Waals surface area contributed by atoms with Gasteiger partial charge in [-0.05, 0) is 37.1 Å². The Bertz CT molecular complexity index is 589. The van der Waals surface area contributed by atoms with Crippen LogP contribution < -0.4 is 5.32 Å². The average molecular weight is 304 g/mol. The molecule has 6 heteroatoms. The van der Waals surface area contributed by atoms with E-state index in [1.165, 1.54) is 4.90 Å². The van der Waals surface area contributed by atoms with Crippen molar-refractivity contribution < 1.29 is 19.5 Å². The van der Waals surface area contributed by atoms with Gasteiger partial charge in [0.25, 0.3) is 5.91 Å². The van der Waals surface area contributed by atoms with E-state index in [4.69, 9.17) is 0 Å². The normalized spacial score (nSPS) is 15.5. The van der Waals surface area contributed by atoms with Crippen LogP contribution in [0.2, 0.25) is 0 Å². The molecular weight excluding hydrogens is 284 g/mol. The highest BCUT2D eigenvalue weighted by Gasteiger charge is 2.45. The van der Waals surface area contributed by atoms with Crippen LogP contribution in [0.15, 0.2) is 24.3 Å². The van der Waals surface area contributed by atoms with Crippen molar-refractivity contribution in [1.29, 1.82) is 0 Å². The van der Waals surface area contributed by atoms with Gasteiger partial charge in [0.1, 0.15) is 0 Å². The van der Waals surface area contributed by atoms with Gasteiger partial charge in [0, 0.05) is 31.8 Å². The highest BCUT2D eigenvalue weighted by atomic mass is 16.4. The topological polar surface area (TPSA) is 86.7 Å². The van der Waals surface area contributed by atoms with Crippen molar-refractivity contribution in [3.63, 3.8) is 0 Å². The van der Waals surface area contributed by atoms with Crippen molar-refractivity contribution >= 4 is 23.5 Å². The summed E-state index contributed by atoms with van der Waals surface area (Å²) in [5, 5.41) is 11.9. The minimum Gasteiger partial charge on any atom is -0.481 e. The van der Waals surface area contributed by atoms with Gasteiger partial charge >= 0.3 is 5.97 Å². The van der Waals surface area contributed by atoms with Crippen molar-refractivity contribution in [2.75, 3.05) is 19.4 Å². The summed E-state index contributed by atoms with van der Waals surface area (Å²) in [5.74, 6) is -1.33. The lowest BCUT2D eigenvalue weighted by atomic mass is 9.66. The zero-order valence-electron chi connectivity index (χ0n) is 12.8. The van der Waals surface area contributed by atoms with Crippen LogP contribution in [0.5, 0.6) is 0 Å². The van der Waals surface area contributed by atoms with Crippen LogP contribution >= 0.6 is 0 Å². The number of carbonyl (C=O) groups is 3. The lowest BCUT2D eigenvalue weighted by Crippen LogP contribution is -2.41. The van der Waals surface area contributed by atoms with Gasteiger partial charge in [-0.2, -0.15) is 0 Å². The van der Waals surface area contributed by atoms with Crippen molar-refractivity contribution in [2.24, 2.45) is 5.41 Å². The molecule has 2 N–H and O–H groups in total. The van der Waals surface area contributed by atoms with Gasteiger partial charge in [-0.3, -0.25) is 14.4 Å². The first-order chi connectivity index (χ1) is 10.3. The minimum atomic E-state index is -0.902. The lowest BCUT2D eigenvalue weighted by Gasteiger charge is -2.36.